The summed E-state index contributed by atoms with van der Waals surface area (Å²) in [6.07, 6.45) is -0.496. The van der Waals surface area contributed by atoms with Crippen LogP contribution in [0.25, 0.3) is 0 Å². The Kier molecular flexibility index (Phi) is 19.3. The lowest BCUT2D eigenvalue weighted by Crippen LogP contribution is -2.21. The quantitative estimate of drug-likeness (QED) is 0.0853. The van der Waals surface area contributed by atoms with Gasteiger partial charge in [-0.05, 0) is 70.0 Å². The molecule has 0 aromatic heterocycles. The molecular formula is C37H48O11. The van der Waals surface area contributed by atoms with Gasteiger partial charge in [0.25, 0.3) is 0 Å². The van der Waals surface area contributed by atoms with Gasteiger partial charge in [-0.3, -0.25) is 0 Å². The maximum Gasteiger partial charge on any atom is 0.333 e. The average molecular weight is 669 g/mol. The molecule has 0 spiro atoms. The minimum atomic E-state index is -0.935. The second-order valence-electron chi connectivity index (χ2n) is 11.1. The number of rotatable bonds is 16. The number of carbonyl (C=O) groups excluding carboxylic acids is 2. The van der Waals surface area contributed by atoms with Gasteiger partial charge in [-0.25, -0.2) is 19.2 Å². The lowest BCUT2D eigenvalue weighted by molar-refractivity contribution is -0.144. The molecule has 262 valence electrons. The minimum Gasteiger partial charge on any atom is -0.490 e. The first-order valence-electron chi connectivity index (χ1n) is 14.8. The number of carboxylic acids is 2. The van der Waals surface area contributed by atoms with E-state index >= 15 is 0 Å². The molecule has 2 aromatic carbocycles. The van der Waals surface area contributed by atoms with E-state index in [9.17, 15) is 19.2 Å². The molecule has 0 saturated heterocycles. The van der Waals surface area contributed by atoms with E-state index in [4.69, 9.17) is 33.9 Å². The van der Waals surface area contributed by atoms with Crippen LogP contribution in [0.5, 0.6) is 11.5 Å². The predicted molar refractivity (Wildman–Crippen MR) is 183 cm³/mol. The van der Waals surface area contributed by atoms with Crippen molar-refractivity contribution in [3.8, 4) is 11.5 Å². The van der Waals surface area contributed by atoms with Gasteiger partial charge in [-0.1, -0.05) is 64.4 Å². The van der Waals surface area contributed by atoms with Crippen molar-refractivity contribution in [2.24, 2.45) is 0 Å². The van der Waals surface area contributed by atoms with Crippen LogP contribution >= 0.6 is 0 Å². The van der Waals surface area contributed by atoms with Crippen molar-refractivity contribution in [3.05, 3.63) is 108 Å². The molecule has 2 rings (SSSR count). The Morgan fingerprint density at radius 2 is 0.979 bits per heavy atom. The van der Waals surface area contributed by atoms with Crippen LogP contribution < -0.4 is 9.47 Å². The van der Waals surface area contributed by atoms with Gasteiger partial charge in [0.2, 0.25) is 0 Å². The van der Waals surface area contributed by atoms with Gasteiger partial charge in [0, 0.05) is 27.7 Å². The largest absolute Gasteiger partial charge is 0.490 e. The Labute approximate surface area is 283 Å². The van der Waals surface area contributed by atoms with E-state index in [0.29, 0.717) is 22.6 Å². The molecule has 0 amide bonds. The standard InChI is InChI=1S/C29H36O7.2C4H6O2/c1-20(2)27(30)34-18-16-32-22(5)36-26-14-10-24(11-15-26)29(6,7)23-8-12-25(13-9-23)33-17-19-35-28(31)21(3)4;2*1-3(2)4(5)6/h8-15,22H,1,3,16-19H2,2,4-7H3;2*1H2,2H3,(H,5,6). The van der Waals surface area contributed by atoms with Gasteiger partial charge >= 0.3 is 23.9 Å². The number of benzene rings is 2. The molecule has 0 aliphatic carbocycles. The molecule has 0 radical (unpaired) electrons. The molecule has 0 aliphatic heterocycles. The van der Waals surface area contributed by atoms with E-state index < -0.39 is 30.2 Å². The fourth-order valence-electron chi connectivity index (χ4n) is 3.20. The molecule has 2 aromatic rings. The number of hydrogen-bond acceptors (Lipinski definition) is 9. The summed E-state index contributed by atoms with van der Waals surface area (Å²) in [7, 11) is 0. The number of aliphatic carboxylic acids is 2. The van der Waals surface area contributed by atoms with Crippen LogP contribution in [-0.2, 0) is 38.8 Å². The molecule has 48 heavy (non-hydrogen) atoms. The van der Waals surface area contributed by atoms with Crippen LogP contribution in [0.15, 0.2) is 97.1 Å². The number of hydrogen-bond donors (Lipinski definition) is 2. The van der Waals surface area contributed by atoms with Crippen molar-refractivity contribution in [3.63, 3.8) is 0 Å². The Morgan fingerprint density at radius 3 is 1.33 bits per heavy atom. The van der Waals surface area contributed by atoms with Crippen molar-refractivity contribution in [2.75, 3.05) is 26.4 Å². The summed E-state index contributed by atoms with van der Waals surface area (Å²) in [5, 5.41) is 15.8. The monoisotopic (exact) mass is 668 g/mol. The average Bonchev–Trinajstić information content (AvgIpc) is 3.02. The molecule has 0 bridgehead atoms. The van der Waals surface area contributed by atoms with Gasteiger partial charge in [0.1, 0.15) is 31.3 Å². The van der Waals surface area contributed by atoms with Crippen LogP contribution in [0.2, 0.25) is 0 Å². The topological polar surface area (TPSA) is 155 Å². The molecule has 0 aliphatic rings. The summed E-state index contributed by atoms with van der Waals surface area (Å²) in [5.74, 6) is -1.35. The zero-order valence-corrected chi connectivity index (χ0v) is 28.9. The molecule has 2 N–H and O–H groups in total. The Morgan fingerprint density at radius 1 is 0.625 bits per heavy atom. The maximum atomic E-state index is 11.4. The van der Waals surface area contributed by atoms with E-state index in [1.54, 1.807) is 20.8 Å². The fourth-order valence-corrected chi connectivity index (χ4v) is 3.20. The van der Waals surface area contributed by atoms with E-state index in [2.05, 4.69) is 40.2 Å². The zero-order chi connectivity index (χ0) is 37.0. The summed E-state index contributed by atoms with van der Waals surface area (Å²) in [6.45, 7) is 26.4. The first-order valence-corrected chi connectivity index (χ1v) is 14.8. The number of esters is 2. The summed E-state index contributed by atoms with van der Waals surface area (Å²) in [4.78, 5) is 42.0. The fraction of sp³-hybridized carbons (Fsp3) is 0.351. The third-order valence-electron chi connectivity index (χ3n) is 6.14. The van der Waals surface area contributed by atoms with Gasteiger partial charge in [-0.15, -0.1) is 0 Å². The van der Waals surface area contributed by atoms with Crippen LogP contribution in [0.3, 0.4) is 0 Å². The van der Waals surface area contributed by atoms with Gasteiger partial charge in [0.15, 0.2) is 6.29 Å². The van der Waals surface area contributed by atoms with Gasteiger partial charge < -0.3 is 33.9 Å². The number of ether oxygens (including phenoxy) is 5. The SMILES string of the molecule is C=C(C)C(=O)O.C=C(C)C(=O)O.C=C(C)C(=O)OCCOc1ccc(C(C)(C)c2ccc(OC(C)OCCOC(=O)C(=C)C)cc2)cc1. The molecule has 0 heterocycles. The third-order valence-corrected chi connectivity index (χ3v) is 6.14. The Hall–Kier alpha value is -5.16. The van der Waals surface area contributed by atoms with Crippen molar-refractivity contribution in [2.45, 2.75) is 60.2 Å². The van der Waals surface area contributed by atoms with Crippen LogP contribution in [0, 0.1) is 0 Å². The Bertz CT molecular complexity index is 1370. The van der Waals surface area contributed by atoms with Crippen LogP contribution in [-0.4, -0.2) is 66.8 Å². The van der Waals surface area contributed by atoms with Crippen molar-refractivity contribution >= 4 is 23.9 Å². The molecule has 0 saturated carbocycles. The first kappa shape index (κ1) is 42.8. The van der Waals surface area contributed by atoms with Gasteiger partial charge in [-0.2, -0.15) is 0 Å². The van der Waals surface area contributed by atoms with Crippen LogP contribution in [0.4, 0.5) is 0 Å². The Balaban J connectivity index is 0.00000156. The normalized spacial score (nSPS) is 10.7. The summed E-state index contributed by atoms with van der Waals surface area (Å²) in [5.41, 5.74) is 3.07. The second-order valence-corrected chi connectivity index (χ2v) is 11.1. The lowest BCUT2D eigenvalue weighted by Gasteiger charge is -2.26. The highest BCUT2D eigenvalue weighted by atomic mass is 16.7. The predicted octanol–water partition coefficient (Wildman–Crippen LogP) is 6.67. The summed E-state index contributed by atoms with van der Waals surface area (Å²) in [6, 6.07) is 15.7. The zero-order valence-electron chi connectivity index (χ0n) is 28.9. The summed E-state index contributed by atoms with van der Waals surface area (Å²) < 4.78 is 27.0. The highest BCUT2D eigenvalue weighted by Gasteiger charge is 2.23. The van der Waals surface area contributed by atoms with Crippen molar-refractivity contribution < 1.29 is 53.1 Å². The van der Waals surface area contributed by atoms with E-state index in [1.807, 2.05) is 48.5 Å². The third kappa shape index (κ3) is 17.5. The molecular weight excluding hydrogens is 620 g/mol. The smallest absolute Gasteiger partial charge is 0.333 e. The minimum absolute atomic E-state index is 0.138. The van der Waals surface area contributed by atoms with Crippen molar-refractivity contribution in [1.29, 1.82) is 0 Å². The molecule has 11 heteroatoms. The highest BCUT2D eigenvalue weighted by molar-refractivity contribution is 5.87. The van der Waals surface area contributed by atoms with E-state index in [-0.39, 0.29) is 43.0 Å². The highest BCUT2D eigenvalue weighted by Crippen LogP contribution is 2.33. The van der Waals surface area contributed by atoms with E-state index in [0.717, 1.165) is 11.1 Å². The maximum absolute atomic E-state index is 11.4. The van der Waals surface area contributed by atoms with Crippen molar-refractivity contribution in [1.82, 2.24) is 0 Å². The lowest BCUT2D eigenvalue weighted by atomic mass is 9.78. The molecule has 1 atom stereocenters. The molecule has 11 nitrogen and oxygen atoms in total. The second kappa shape index (κ2) is 21.6. The number of carboxylic acid groups (broad SMARTS) is 2. The summed E-state index contributed by atoms with van der Waals surface area (Å²) >= 11 is 0. The van der Waals surface area contributed by atoms with Gasteiger partial charge in [0.05, 0.1) is 6.61 Å². The van der Waals surface area contributed by atoms with E-state index in [1.165, 1.54) is 13.8 Å². The molecule has 0 fully saturated rings. The molecule has 1 unspecified atom stereocenters. The number of carbonyl (C=O) groups is 4. The first-order chi connectivity index (χ1) is 22.3. The van der Waals surface area contributed by atoms with Crippen LogP contribution in [0.1, 0.15) is 59.6 Å².